The number of phosphoric acid groups is 1. The average molecular weight is 571 g/mol. The van der Waals surface area contributed by atoms with Crippen LogP contribution in [0.25, 0.3) is 0 Å². The van der Waals surface area contributed by atoms with E-state index < -0.39 is 13.9 Å². The second-order valence-corrected chi connectivity index (χ2v) is 13.2. The van der Waals surface area contributed by atoms with E-state index in [4.69, 9.17) is 13.8 Å². The number of quaternary nitrogens is 1. The predicted molar refractivity (Wildman–Crippen MR) is 161 cm³/mol. The summed E-state index contributed by atoms with van der Waals surface area (Å²) in [5.41, 5.74) is 1.13. The van der Waals surface area contributed by atoms with Crippen molar-refractivity contribution in [3.63, 3.8) is 0 Å². The van der Waals surface area contributed by atoms with E-state index in [1.807, 2.05) is 51.5 Å². The molecule has 0 saturated heterocycles. The van der Waals surface area contributed by atoms with Crippen LogP contribution in [-0.2, 0) is 24.9 Å². The topological polar surface area (TPSA) is 79.9 Å². The molecule has 2 unspecified atom stereocenters. The van der Waals surface area contributed by atoms with Gasteiger partial charge < -0.3 is 28.5 Å². The van der Waals surface area contributed by atoms with E-state index in [0.29, 0.717) is 30.7 Å². The van der Waals surface area contributed by atoms with E-state index in [0.717, 1.165) is 18.4 Å². The third-order valence-corrected chi connectivity index (χ3v) is 7.83. The van der Waals surface area contributed by atoms with Gasteiger partial charge in [0.15, 0.2) is 0 Å². The average Bonchev–Trinajstić information content (AvgIpc) is 2.87. The highest BCUT2D eigenvalue weighted by atomic mass is 31.2. The lowest BCUT2D eigenvalue weighted by Crippen LogP contribution is -2.38. The maximum Gasteiger partial charge on any atom is 0.268 e. The predicted octanol–water partition coefficient (Wildman–Crippen LogP) is 6.85. The Balaban J connectivity index is 2.20. The summed E-state index contributed by atoms with van der Waals surface area (Å²) in [6.45, 7) is 4.75. The second-order valence-electron chi connectivity index (χ2n) is 11.8. The zero-order valence-corrected chi connectivity index (χ0v) is 26.4. The number of benzene rings is 1. The fourth-order valence-corrected chi connectivity index (χ4v) is 5.22. The summed E-state index contributed by atoms with van der Waals surface area (Å²) >= 11 is 0. The van der Waals surface area contributed by atoms with Gasteiger partial charge in [-0.25, -0.2) is 0 Å². The van der Waals surface area contributed by atoms with Crippen LogP contribution in [-0.4, -0.2) is 64.6 Å². The largest absolute Gasteiger partial charge is 0.756 e. The Kier molecular flexibility index (Phi) is 21.2. The summed E-state index contributed by atoms with van der Waals surface area (Å²) < 4.78 is 29.4. The molecule has 1 N–H and O–H groups in total. The van der Waals surface area contributed by atoms with Crippen LogP contribution >= 0.6 is 7.82 Å². The van der Waals surface area contributed by atoms with Crippen molar-refractivity contribution in [1.82, 2.24) is 5.32 Å². The van der Waals surface area contributed by atoms with Crippen LogP contribution in [0.5, 0.6) is 0 Å². The highest BCUT2D eigenvalue weighted by molar-refractivity contribution is 7.45. The van der Waals surface area contributed by atoms with Crippen molar-refractivity contribution in [2.45, 2.75) is 109 Å². The number of hydrogen-bond acceptors (Lipinski definition) is 6. The molecule has 2 atom stereocenters. The molecule has 0 aliphatic rings. The summed E-state index contributed by atoms with van der Waals surface area (Å²) in [5.74, 6) is 0. The molecular formula is C31H59N2O5P. The van der Waals surface area contributed by atoms with Gasteiger partial charge in [0.25, 0.3) is 7.82 Å². The Morgan fingerprint density at radius 2 is 1.36 bits per heavy atom. The minimum Gasteiger partial charge on any atom is -0.756 e. The molecule has 0 aliphatic heterocycles. The summed E-state index contributed by atoms with van der Waals surface area (Å²) in [6.07, 6.45) is 17.8. The van der Waals surface area contributed by atoms with Gasteiger partial charge >= 0.3 is 0 Å². The van der Waals surface area contributed by atoms with E-state index in [9.17, 15) is 9.46 Å². The fraction of sp³-hybridized carbons (Fsp3) is 0.806. The van der Waals surface area contributed by atoms with Crippen molar-refractivity contribution in [3.05, 3.63) is 35.9 Å². The van der Waals surface area contributed by atoms with Crippen LogP contribution in [0.4, 0.5) is 0 Å². The molecule has 8 heteroatoms. The molecule has 0 bridgehead atoms. The lowest BCUT2D eigenvalue weighted by molar-refractivity contribution is -0.870. The first-order chi connectivity index (χ1) is 18.7. The lowest BCUT2D eigenvalue weighted by Gasteiger charge is -2.30. The minimum atomic E-state index is -4.42. The lowest BCUT2D eigenvalue weighted by atomic mass is 10.0. The number of nitrogens with zero attached hydrogens (tertiary/aromatic N) is 1. The minimum absolute atomic E-state index is 0.0916. The molecule has 7 nitrogen and oxygen atoms in total. The third-order valence-electron chi connectivity index (χ3n) is 6.78. The van der Waals surface area contributed by atoms with E-state index in [1.165, 1.54) is 77.0 Å². The third kappa shape index (κ3) is 23.6. The monoisotopic (exact) mass is 570 g/mol. The molecule has 0 aliphatic carbocycles. The highest BCUT2D eigenvalue weighted by Crippen LogP contribution is 2.39. The van der Waals surface area contributed by atoms with E-state index in [-0.39, 0.29) is 13.2 Å². The quantitative estimate of drug-likeness (QED) is 0.0708. The highest BCUT2D eigenvalue weighted by Gasteiger charge is 2.20. The van der Waals surface area contributed by atoms with Gasteiger partial charge in [-0.3, -0.25) is 4.57 Å². The SMILES string of the molecule is CCCCCCCCCCCCCCCCOCC(CNCc1ccccc1)OP(=O)([O-])OCC[N+](C)(C)C. The van der Waals surface area contributed by atoms with Gasteiger partial charge in [0.2, 0.25) is 0 Å². The van der Waals surface area contributed by atoms with E-state index in [2.05, 4.69) is 12.2 Å². The summed E-state index contributed by atoms with van der Waals surface area (Å²) in [5, 5.41) is 3.29. The number of phosphoric ester groups is 1. The number of unbranched alkanes of at least 4 members (excludes halogenated alkanes) is 13. The first-order valence-corrected chi connectivity index (χ1v) is 16.9. The van der Waals surface area contributed by atoms with Gasteiger partial charge in [0, 0.05) is 19.7 Å². The Bertz CT molecular complexity index is 729. The first kappa shape index (κ1) is 36.2. The number of hydrogen-bond donors (Lipinski definition) is 1. The van der Waals surface area contributed by atoms with Crippen LogP contribution in [0.3, 0.4) is 0 Å². The molecule has 0 spiro atoms. The molecule has 1 rings (SSSR count). The Morgan fingerprint density at radius 1 is 0.821 bits per heavy atom. The van der Waals surface area contributed by atoms with E-state index in [1.54, 1.807) is 0 Å². The van der Waals surface area contributed by atoms with Crippen LogP contribution in [0, 0.1) is 0 Å². The molecule has 0 heterocycles. The van der Waals surface area contributed by atoms with Crippen LogP contribution in [0.15, 0.2) is 30.3 Å². The Hall–Kier alpha value is -0.790. The van der Waals surface area contributed by atoms with Gasteiger partial charge in [0.05, 0.1) is 27.7 Å². The second kappa shape index (κ2) is 22.8. The molecular weight excluding hydrogens is 511 g/mol. The maximum absolute atomic E-state index is 12.4. The van der Waals surface area contributed by atoms with Gasteiger partial charge in [-0.15, -0.1) is 0 Å². The van der Waals surface area contributed by atoms with Crippen LogP contribution in [0.1, 0.15) is 102 Å². The van der Waals surface area contributed by atoms with E-state index >= 15 is 0 Å². The summed E-state index contributed by atoms with van der Waals surface area (Å²) in [7, 11) is 1.54. The van der Waals surface area contributed by atoms with Crippen molar-refractivity contribution < 1.29 is 27.7 Å². The number of rotatable bonds is 27. The van der Waals surface area contributed by atoms with Gasteiger partial charge in [0.1, 0.15) is 19.3 Å². The number of nitrogens with one attached hydrogen (secondary N) is 1. The molecule has 1 aromatic carbocycles. The van der Waals surface area contributed by atoms with Gasteiger partial charge in [-0.2, -0.15) is 0 Å². The van der Waals surface area contributed by atoms with Crippen molar-refractivity contribution in [1.29, 1.82) is 0 Å². The maximum atomic E-state index is 12.4. The first-order valence-electron chi connectivity index (χ1n) is 15.5. The van der Waals surface area contributed by atoms with Crippen LogP contribution in [0.2, 0.25) is 0 Å². The molecule has 0 saturated carbocycles. The van der Waals surface area contributed by atoms with Gasteiger partial charge in [-0.05, 0) is 12.0 Å². The molecule has 0 amide bonds. The molecule has 228 valence electrons. The van der Waals surface area contributed by atoms with Gasteiger partial charge in [-0.1, -0.05) is 121 Å². The zero-order valence-electron chi connectivity index (χ0n) is 25.5. The Morgan fingerprint density at radius 3 is 1.90 bits per heavy atom. The molecule has 0 fully saturated rings. The molecule has 0 aromatic heterocycles. The smallest absolute Gasteiger partial charge is 0.268 e. The standard InChI is InChI=1S/C31H59N2O5P/c1-5-6-7-8-9-10-11-12-13-14-15-16-17-21-25-36-29-31(28-32-27-30-22-19-18-20-23-30)38-39(34,35)37-26-24-33(2,3)4/h18-20,22-23,31-32H,5-17,21,24-29H2,1-4H3. The van der Waals surface area contributed by atoms with Crippen molar-refractivity contribution >= 4 is 7.82 Å². The Labute approximate surface area is 240 Å². The molecule has 39 heavy (non-hydrogen) atoms. The van der Waals surface area contributed by atoms with Crippen molar-refractivity contribution in [2.24, 2.45) is 0 Å². The summed E-state index contributed by atoms with van der Waals surface area (Å²) in [6, 6.07) is 10.0. The fourth-order valence-electron chi connectivity index (χ4n) is 4.35. The number of likely N-dealkylation sites (N-methyl/N-ethyl adjacent to an activating group) is 1. The summed E-state index contributed by atoms with van der Waals surface area (Å²) in [4.78, 5) is 12.4. The molecule has 1 aromatic rings. The number of ether oxygens (including phenoxy) is 1. The van der Waals surface area contributed by atoms with Crippen LogP contribution < -0.4 is 10.2 Å². The zero-order chi connectivity index (χ0) is 28.7. The normalized spacial score (nSPS) is 14.4. The van der Waals surface area contributed by atoms with Crippen molar-refractivity contribution in [3.8, 4) is 0 Å². The van der Waals surface area contributed by atoms with Crippen molar-refractivity contribution in [2.75, 3.05) is 54.1 Å². The molecule has 0 radical (unpaired) electrons.